The summed E-state index contributed by atoms with van der Waals surface area (Å²) in [5.41, 5.74) is 8.56. The van der Waals surface area contributed by atoms with E-state index >= 15 is 0 Å². The number of hydrogen-bond donors (Lipinski definition) is 2. The van der Waals surface area contributed by atoms with E-state index in [1.165, 1.54) is 0 Å². The SMILES string of the molecule is Nc1cccc2oc(Nc3ccc4c(c3)OCCO4)nc12. The average Bonchev–Trinajstić information content (AvgIpc) is 2.91. The molecule has 6 heteroatoms. The third kappa shape index (κ3) is 2.10. The van der Waals surface area contributed by atoms with E-state index < -0.39 is 0 Å². The van der Waals surface area contributed by atoms with Crippen LogP contribution < -0.4 is 20.5 Å². The zero-order valence-electron chi connectivity index (χ0n) is 11.1. The Morgan fingerprint density at radius 3 is 2.76 bits per heavy atom. The Morgan fingerprint density at radius 1 is 1.05 bits per heavy atom. The summed E-state index contributed by atoms with van der Waals surface area (Å²) < 4.78 is 16.7. The number of nitrogens with one attached hydrogen (secondary N) is 1. The van der Waals surface area contributed by atoms with E-state index in [4.69, 9.17) is 19.6 Å². The quantitative estimate of drug-likeness (QED) is 0.704. The fourth-order valence-electron chi connectivity index (χ4n) is 2.27. The Balaban J connectivity index is 1.66. The van der Waals surface area contributed by atoms with E-state index in [1.54, 1.807) is 6.07 Å². The lowest BCUT2D eigenvalue weighted by molar-refractivity contribution is 0.171. The standard InChI is InChI=1S/C15H13N3O3/c16-10-2-1-3-12-14(10)18-15(21-12)17-9-4-5-11-13(8-9)20-7-6-19-11/h1-5,8H,6-7,16H2,(H,17,18). The summed E-state index contributed by atoms with van der Waals surface area (Å²) in [7, 11) is 0. The van der Waals surface area contributed by atoms with Gasteiger partial charge < -0.3 is 24.9 Å². The molecule has 4 rings (SSSR count). The molecule has 0 saturated heterocycles. The topological polar surface area (TPSA) is 82.5 Å². The highest BCUT2D eigenvalue weighted by molar-refractivity contribution is 5.86. The van der Waals surface area contributed by atoms with Crippen LogP contribution in [0.4, 0.5) is 17.4 Å². The molecule has 3 N–H and O–H groups in total. The van der Waals surface area contributed by atoms with Gasteiger partial charge in [-0.2, -0.15) is 4.98 Å². The number of oxazole rings is 1. The number of rotatable bonds is 2. The van der Waals surface area contributed by atoms with Crippen LogP contribution in [0.25, 0.3) is 11.1 Å². The number of nitrogens with two attached hydrogens (primary N) is 1. The molecule has 0 amide bonds. The van der Waals surface area contributed by atoms with Crippen molar-refractivity contribution in [3.05, 3.63) is 36.4 Å². The van der Waals surface area contributed by atoms with E-state index in [0.29, 0.717) is 41.8 Å². The molecule has 6 nitrogen and oxygen atoms in total. The summed E-state index contributed by atoms with van der Waals surface area (Å²) in [6.45, 7) is 1.13. The van der Waals surface area contributed by atoms with Crippen LogP contribution in [0.3, 0.4) is 0 Å². The van der Waals surface area contributed by atoms with Gasteiger partial charge in [-0.05, 0) is 24.3 Å². The molecule has 0 bridgehead atoms. The van der Waals surface area contributed by atoms with Crippen LogP contribution in [0.2, 0.25) is 0 Å². The molecule has 0 radical (unpaired) electrons. The van der Waals surface area contributed by atoms with Crippen LogP contribution in [-0.4, -0.2) is 18.2 Å². The van der Waals surface area contributed by atoms with E-state index in [-0.39, 0.29) is 0 Å². The molecule has 1 aromatic heterocycles. The van der Waals surface area contributed by atoms with Crippen LogP contribution in [-0.2, 0) is 0 Å². The van der Waals surface area contributed by atoms with Crippen LogP contribution in [0.5, 0.6) is 11.5 Å². The molecule has 1 aliphatic heterocycles. The van der Waals surface area contributed by atoms with Crippen LogP contribution >= 0.6 is 0 Å². The lowest BCUT2D eigenvalue weighted by Crippen LogP contribution is -2.15. The van der Waals surface area contributed by atoms with Crippen molar-refractivity contribution >= 4 is 28.5 Å². The number of nitrogens with zero attached hydrogens (tertiary/aromatic N) is 1. The highest BCUT2D eigenvalue weighted by Crippen LogP contribution is 2.34. The molecular weight excluding hydrogens is 270 g/mol. The average molecular weight is 283 g/mol. The van der Waals surface area contributed by atoms with E-state index in [2.05, 4.69) is 10.3 Å². The van der Waals surface area contributed by atoms with Crippen LogP contribution in [0.1, 0.15) is 0 Å². The minimum Gasteiger partial charge on any atom is -0.486 e. The van der Waals surface area contributed by atoms with Crippen molar-refractivity contribution < 1.29 is 13.9 Å². The minimum atomic E-state index is 0.388. The van der Waals surface area contributed by atoms with Gasteiger partial charge in [0.05, 0.1) is 5.69 Å². The van der Waals surface area contributed by atoms with E-state index in [9.17, 15) is 0 Å². The van der Waals surface area contributed by atoms with Crippen molar-refractivity contribution in [3.8, 4) is 11.5 Å². The first-order valence-corrected chi connectivity index (χ1v) is 6.61. The number of benzene rings is 2. The van der Waals surface area contributed by atoms with Gasteiger partial charge in [0, 0.05) is 11.8 Å². The van der Waals surface area contributed by atoms with Crippen molar-refractivity contribution in [1.29, 1.82) is 0 Å². The molecule has 0 atom stereocenters. The molecule has 0 spiro atoms. The fourth-order valence-corrected chi connectivity index (χ4v) is 2.27. The highest BCUT2D eigenvalue weighted by atomic mass is 16.6. The van der Waals surface area contributed by atoms with Gasteiger partial charge in [0.15, 0.2) is 17.1 Å². The Kier molecular flexibility index (Phi) is 2.60. The maximum Gasteiger partial charge on any atom is 0.300 e. The number of fused-ring (bicyclic) bond motifs is 2. The van der Waals surface area contributed by atoms with Gasteiger partial charge >= 0.3 is 0 Å². The number of anilines is 3. The summed E-state index contributed by atoms with van der Waals surface area (Å²) in [4.78, 5) is 4.34. The van der Waals surface area contributed by atoms with E-state index in [0.717, 1.165) is 11.4 Å². The molecule has 0 unspecified atom stereocenters. The fraction of sp³-hybridized carbons (Fsp3) is 0.133. The first kappa shape index (κ1) is 11.9. The maximum absolute atomic E-state index is 5.87. The normalized spacial score (nSPS) is 13.3. The largest absolute Gasteiger partial charge is 0.486 e. The molecule has 106 valence electrons. The summed E-state index contributed by atoms with van der Waals surface area (Å²) in [5, 5.41) is 3.10. The van der Waals surface area contributed by atoms with Crippen molar-refractivity contribution in [3.63, 3.8) is 0 Å². The van der Waals surface area contributed by atoms with Gasteiger partial charge in [-0.25, -0.2) is 0 Å². The summed E-state index contributed by atoms with van der Waals surface area (Å²) in [6, 6.07) is 11.4. The molecule has 0 fully saturated rings. The number of nitrogen functional groups attached to an aromatic ring is 1. The second-order valence-electron chi connectivity index (χ2n) is 4.70. The predicted molar refractivity (Wildman–Crippen MR) is 79.1 cm³/mol. The van der Waals surface area contributed by atoms with Crippen molar-refractivity contribution in [2.24, 2.45) is 0 Å². The molecule has 2 heterocycles. The third-order valence-electron chi connectivity index (χ3n) is 3.24. The lowest BCUT2D eigenvalue weighted by atomic mass is 10.2. The van der Waals surface area contributed by atoms with Crippen molar-refractivity contribution in [2.75, 3.05) is 24.3 Å². The van der Waals surface area contributed by atoms with Crippen molar-refractivity contribution in [2.45, 2.75) is 0 Å². The maximum atomic E-state index is 5.87. The monoisotopic (exact) mass is 283 g/mol. The Hall–Kier alpha value is -2.89. The second-order valence-corrected chi connectivity index (χ2v) is 4.70. The summed E-state index contributed by atoms with van der Waals surface area (Å²) >= 11 is 0. The molecule has 21 heavy (non-hydrogen) atoms. The van der Waals surface area contributed by atoms with Gasteiger partial charge in [0.2, 0.25) is 0 Å². The zero-order valence-corrected chi connectivity index (χ0v) is 11.1. The van der Waals surface area contributed by atoms with E-state index in [1.807, 2.05) is 30.3 Å². The van der Waals surface area contributed by atoms with Crippen LogP contribution in [0.15, 0.2) is 40.8 Å². The molecule has 0 aliphatic carbocycles. The van der Waals surface area contributed by atoms with Gasteiger partial charge in [-0.3, -0.25) is 0 Å². The van der Waals surface area contributed by atoms with Crippen molar-refractivity contribution in [1.82, 2.24) is 4.98 Å². The van der Waals surface area contributed by atoms with Gasteiger partial charge in [0.25, 0.3) is 6.01 Å². The molecular formula is C15H13N3O3. The highest BCUT2D eigenvalue weighted by Gasteiger charge is 2.13. The van der Waals surface area contributed by atoms with Crippen LogP contribution in [0, 0.1) is 0 Å². The second kappa shape index (κ2) is 4.59. The first-order chi connectivity index (χ1) is 10.3. The Morgan fingerprint density at radius 2 is 1.90 bits per heavy atom. The van der Waals surface area contributed by atoms with Gasteiger partial charge in [-0.1, -0.05) is 6.07 Å². The lowest BCUT2D eigenvalue weighted by Gasteiger charge is -2.18. The predicted octanol–water partition coefficient (Wildman–Crippen LogP) is 2.92. The molecule has 3 aromatic rings. The number of para-hydroxylation sites is 1. The molecule has 1 aliphatic rings. The Labute approximate surface area is 120 Å². The minimum absolute atomic E-state index is 0.388. The third-order valence-corrected chi connectivity index (χ3v) is 3.24. The summed E-state index contributed by atoms with van der Waals surface area (Å²) in [5.74, 6) is 1.45. The zero-order chi connectivity index (χ0) is 14.2. The number of hydrogen-bond acceptors (Lipinski definition) is 6. The molecule has 0 saturated carbocycles. The smallest absolute Gasteiger partial charge is 0.300 e. The Bertz CT molecular complexity index is 813. The number of ether oxygens (including phenoxy) is 2. The summed E-state index contributed by atoms with van der Waals surface area (Å²) in [6.07, 6.45) is 0. The van der Waals surface area contributed by atoms with Gasteiger partial charge in [-0.15, -0.1) is 0 Å². The van der Waals surface area contributed by atoms with Gasteiger partial charge in [0.1, 0.15) is 18.7 Å². The first-order valence-electron chi connectivity index (χ1n) is 6.61. The number of aromatic nitrogens is 1. The molecule has 2 aromatic carbocycles.